The zero-order chi connectivity index (χ0) is 32.4. The van der Waals surface area contributed by atoms with Gasteiger partial charge in [0.05, 0.1) is 24.4 Å². The van der Waals surface area contributed by atoms with E-state index < -0.39 is 47.4 Å². The Morgan fingerprint density at radius 1 is 1.12 bits per heavy atom. The minimum atomic E-state index is -1.47. The first kappa shape index (κ1) is 35.8. The van der Waals surface area contributed by atoms with Crippen LogP contribution in [0, 0.1) is 23.2 Å². The number of esters is 1. The van der Waals surface area contributed by atoms with Gasteiger partial charge in [-0.05, 0) is 67.6 Å². The number of carbonyl (C=O) groups excluding carboxylic acids is 2. The normalized spacial score (nSPS) is 39.3. The minimum absolute atomic E-state index is 0.0242. The molecule has 0 radical (unpaired) electrons. The van der Waals surface area contributed by atoms with E-state index in [0.717, 1.165) is 0 Å². The summed E-state index contributed by atoms with van der Waals surface area (Å²) in [5, 5.41) is 20.4. The van der Waals surface area contributed by atoms with E-state index in [0.29, 0.717) is 32.5 Å². The third-order valence-corrected chi connectivity index (χ3v) is 9.81. The van der Waals surface area contributed by atoms with Crippen molar-refractivity contribution in [1.82, 2.24) is 14.7 Å². The van der Waals surface area contributed by atoms with Gasteiger partial charge in [-0.2, -0.15) is 0 Å². The number of carboxylic acid groups (broad SMARTS) is 1. The van der Waals surface area contributed by atoms with E-state index in [1.165, 1.54) is 0 Å². The molecule has 3 aliphatic rings. The van der Waals surface area contributed by atoms with Crippen LogP contribution in [-0.4, -0.2) is 146 Å². The number of ketones is 1. The van der Waals surface area contributed by atoms with Gasteiger partial charge in [-0.25, -0.2) is 0 Å². The van der Waals surface area contributed by atoms with Crippen molar-refractivity contribution in [2.75, 3.05) is 61.0 Å². The fraction of sp³-hybridized carbons (Fsp3) is 0.903. The average molecular weight is 614 g/mol. The predicted molar refractivity (Wildman–Crippen MR) is 159 cm³/mol. The van der Waals surface area contributed by atoms with E-state index >= 15 is 0 Å². The van der Waals surface area contributed by atoms with Crippen molar-refractivity contribution in [1.29, 1.82) is 0 Å². The van der Waals surface area contributed by atoms with Crippen LogP contribution in [0.3, 0.4) is 0 Å². The van der Waals surface area contributed by atoms with Crippen LogP contribution in [0.5, 0.6) is 0 Å². The fourth-order valence-corrected chi connectivity index (χ4v) is 7.23. The van der Waals surface area contributed by atoms with Crippen LogP contribution in [-0.2, 0) is 33.3 Å². The first-order chi connectivity index (χ1) is 19.9. The Balaban J connectivity index is 1.94. The van der Waals surface area contributed by atoms with Gasteiger partial charge in [0.1, 0.15) is 18.1 Å². The standard InChI is InChI=1S/C31H55N3O9/c1-18-12-31(6,40-10)27(43-28-25(37)22(32(7)8)11-19(2)42-28)20(3)26(38)30(4,5)29(39)41-17-23(33(9)13-18)21-14-34(15-21)16-24(35)36/h18-23,25,27-28,37H,11-17H2,1-10H3,(H,35,36)/t18-,19-,20+,22+,23?,25-,27-,28+,31-/m1/s1. The second-order valence-corrected chi connectivity index (χ2v) is 14.2. The first-order valence-corrected chi connectivity index (χ1v) is 15.5. The summed E-state index contributed by atoms with van der Waals surface area (Å²) in [6, 6.07) is -0.339. The van der Waals surface area contributed by atoms with Gasteiger partial charge < -0.3 is 34.1 Å². The lowest BCUT2D eigenvalue weighted by Gasteiger charge is -2.47. The number of likely N-dealkylation sites (N-methyl/N-ethyl adjacent to an activating group) is 2. The third-order valence-electron chi connectivity index (χ3n) is 9.81. The summed E-state index contributed by atoms with van der Waals surface area (Å²) in [4.78, 5) is 44.8. The number of likely N-dealkylation sites (tertiary alicyclic amines) is 1. The van der Waals surface area contributed by atoms with E-state index in [1.807, 2.05) is 44.8 Å². The minimum Gasteiger partial charge on any atom is -0.480 e. The summed E-state index contributed by atoms with van der Waals surface area (Å²) in [5.41, 5.74) is -2.44. The van der Waals surface area contributed by atoms with Gasteiger partial charge in [-0.1, -0.05) is 13.8 Å². The lowest BCUT2D eigenvalue weighted by atomic mass is 9.74. The molecule has 0 aromatic carbocycles. The monoisotopic (exact) mass is 613 g/mol. The number of methoxy groups -OCH3 is 1. The molecule has 3 rings (SSSR count). The maximum Gasteiger partial charge on any atom is 0.319 e. The van der Waals surface area contributed by atoms with E-state index in [9.17, 15) is 19.5 Å². The van der Waals surface area contributed by atoms with Crippen molar-refractivity contribution < 1.29 is 43.5 Å². The van der Waals surface area contributed by atoms with E-state index in [-0.39, 0.29) is 49.0 Å². The quantitative estimate of drug-likeness (QED) is 0.317. The summed E-state index contributed by atoms with van der Waals surface area (Å²) < 4.78 is 24.7. The number of nitrogens with zero attached hydrogens (tertiary/aromatic N) is 3. The Hall–Kier alpha value is -1.67. The van der Waals surface area contributed by atoms with Crippen molar-refractivity contribution in [2.24, 2.45) is 23.2 Å². The molecule has 0 saturated carbocycles. The van der Waals surface area contributed by atoms with Gasteiger partial charge in [0.25, 0.3) is 0 Å². The molecular formula is C31H55N3O9. The molecule has 0 bridgehead atoms. The Morgan fingerprint density at radius 2 is 1.74 bits per heavy atom. The summed E-state index contributed by atoms with van der Waals surface area (Å²) in [6.45, 7) is 12.8. The number of aliphatic hydroxyl groups excluding tert-OH is 1. The molecule has 9 atom stereocenters. The molecule has 43 heavy (non-hydrogen) atoms. The molecule has 0 amide bonds. The van der Waals surface area contributed by atoms with Gasteiger partial charge >= 0.3 is 11.9 Å². The highest BCUT2D eigenvalue weighted by atomic mass is 16.7. The van der Waals surface area contributed by atoms with Crippen molar-refractivity contribution in [3.63, 3.8) is 0 Å². The predicted octanol–water partition coefficient (Wildman–Crippen LogP) is 1.33. The number of aliphatic hydroxyl groups is 1. The Kier molecular flexibility index (Phi) is 11.8. The Morgan fingerprint density at radius 3 is 2.30 bits per heavy atom. The zero-order valence-corrected chi connectivity index (χ0v) is 27.7. The molecule has 12 heteroatoms. The number of carbonyl (C=O) groups is 3. The highest BCUT2D eigenvalue weighted by Gasteiger charge is 2.52. The lowest BCUT2D eigenvalue weighted by molar-refractivity contribution is -0.295. The Labute approximate surface area is 256 Å². The van der Waals surface area contributed by atoms with Gasteiger partial charge in [-0.3, -0.25) is 24.2 Å². The zero-order valence-electron chi connectivity index (χ0n) is 27.7. The van der Waals surface area contributed by atoms with Crippen molar-refractivity contribution in [3.05, 3.63) is 0 Å². The van der Waals surface area contributed by atoms with Gasteiger partial charge in [-0.15, -0.1) is 0 Å². The van der Waals surface area contributed by atoms with E-state index in [1.54, 1.807) is 27.9 Å². The smallest absolute Gasteiger partial charge is 0.319 e. The molecule has 1 unspecified atom stereocenters. The maximum absolute atomic E-state index is 14.1. The second kappa shape index (κ2) is 14.2. The lowest BCUT2D eigenvalue weighted by Crippen LogP contribution is -2.59. The van der Waals surface area contributed by atoms with Crippen LogP contribution in [0.1, 0.15) is 54.4 Å². The van der Waals surface area contributed by atoms with Crippen LogP contribution in [0.15, 0.2) is 0 Å². The van der Waals surface area contributed by atoms with Crippen LogP contribution >= 0.6 is 0 Å². The summed E-state index contributed by atoms with van der Waals surface area (Å²) in [7, 11) is 7.39. The third kappa shape index (κ3) is 8.14. The molecule has 0 spiro atoms. The summed E-state index contributed by atoms with van der Waals surface area (Å²) in [5.74, 6) is -2.43. The largest absolute Gasteiger partial charge is 0.480 e. The molecular weight excluding hydrogens is 558 g/mol. The molecule has 2 N–H and O–H groups in total. The van der Waals surface area contributed by atoms with Crippen molar-refractivity contribution >= 4 is 17.7 Å². The second-order valence-electron chi connectivity index (χ2n) is 14.2. The number of carboxylic acids is 1. The number of aliphatic carboxylic acids is 1. The number of hydrogen-bond donors (Lipinski definition) is 2. The van der Waals surface area contributed by atoms with Crippen LogP contribution in [0.4, 0.5) is 0 Å². The molecule has 3 aliphatic heterocycles. The van der Waals surface area contributed by atoms with E-state index in [2.05, 4.69) is 11.8 Å². The first-order valence-electron chi connectivity index (χ1n) is 15.5. The topological polar surface area (TPSA) is 138 Å². The van der Waals surface area contributed by atoms with E-state index in [4.69, 9.17) is 24.1 Å². The SMILES string of the molecule is CO[C@]1(C)C[C@@H](C)CN(C)C(C2CN(CC(=O)O)C2)COC(=O)C(C)(C)C(=O)[C@H](C)[C@H]1O[C@@H]1O[C@H](C)C[C@H](N(C)C)[C@H]1O. The maximum atomic E-state index is 14.1. The molecule has 3 saturated heterocycles. The highest BCUT2D eigenvalue weighted by Crippen LogP contribution is 2.38. The highest BCUT2D eigenvalue weighted by molar-refractivity contribution is 6.04. The molecule has 12 nitrogen and oxygen atoms in total. The van der Waals surface area contributed by atoms with Crippen LogP contribution in [0.25, 0.3) is 0 Å². The van der Waals surface area contributed by atoms with Gasteiger partial charge in [0, 0.05) is 50.7 Å². The molecule has 248 valence electrons. The Bertz CT molecular complexity index is 988. The van der Waals surface area contributed by atoms with Crippen molar-refractivity contribution in [2.45, 2.75) is 96.7 Å². The average Bonchev–Trinajstić information content (AvgIpc) is 2.89. The summed E-state index contributed by atoms with van der Waals surface area (Å²) in [6.07, 6.45) is -1.80. The molecule has 0 aliphatic carbocycles. The number of ether oxygens (including phenoxy) is 4. The van der Waals surface area contributed by atoms with Gasteiger partial charge in [0.2, 0.25) is 0 Å². The number of Topliss-reactive ketones (excluding diaryl/α,β-unsaturated/α-hetero) is 1. The van der Waals surface area contributed by atoms with Crippen LogP contribution < -0.4 is 0 Å². The number of cyclic esters (lactones) is 1. The molecule has 3 heterocycles. The summed E-state index contributed by atoms with van der Waals surface area (Å²) >= 11 is 0. The molecule has 3 fully saturated rings. The molecule has 0 aromatic heterocycles. The fourth-order valence-electron chi connectivity index (χ4n) is 7.23. The number of hydrogen-bond acceptors (Lipinski definition) is 11. The van der Waals surface area contributed by atoms with Gasteiger partial charge in [0.15, 0.2) is 12.1 Å². The number of rotatable bonds is 7. The van der Waals surface area contributed by atoms with Crippen molar-refractivity contribution in [3.8, 4) is 0 Å². The molecule has 0 aromatic rings. The van der Waals surface area contributed by atoms with Crippen LogP contribution in [0.2, 0.25) is 0 Å².